The van der Waals surface area contributed by atoms with Gasteiger partial charge in [-0.05, 0) is 23.8 Å². The van der Waals surface area contributed by atoms with Crippen molar-refractivity contribution in [2.24, 2.45) is 0 Å². The Bertz CT molecular complexity index is 287. The molecule has 0 aliphatic carbocycles. The molecule has 1 rings (SSSR count). The first-order chi connectivity index (χ1) is 6.01. The molecule has 1 nitrogen and oxygen atoms in total. The normalized spacial score (nSPS) is 11.0. The minimum atomic E-state index is -4.64. The number of alkyl halides is 3. The van der Waals surface area contributed by atoms with E-state index in [0.717, 1.165) is 0 Å². The van der Waals surface area contributed by atoms with Gasteiger partial charge in [-0.2, -0.15) is 0 Å². The van der Waals surface area contributed by atoms with E-state index in [1.54, 1.807) is 0 Å². The highest BCUT2D eigenvalue weighted by Gasteiger charge is 2.30. The van der Waals surface area contributed by atoms with Crippen molar-refractivity contribution in [3.63, 3.8) is 0 Å². The van der Waals surface area contributed by atoms with E-state index in [1.807, 2.05) is 0 Å². The summed E-state index contributed by atoms with van der Waals surface area (Å²) in [4.78, 5) is 0. The number of rotatable bonds is 2. The Morgan fingerprint density at radius 1 is 1.15 bits per heavy atom. The summed E-state index contributed by atoms with van der Waals surface area (Å²) in [5, 5.41) is 0. The summed E-state index contributed by atoms with van der Waals surface area (Å²) >= 11 is 0. The van der Waals surface area contributed by atoms with E-state index in [9.17, 15) is 13.2 Å². The lowest BCUT2D eigenvalue weighted by molar-refractivity contribution is -0.274. The average molecular weight is 187 g/mol. The molecule has 0 saturated carbocycles. The van der Waals surface area contributed by atoms with Gasteiger partial charge in [0.25, 0.3) is 0 Å². The van der Waals surface area contributed by atoms with Crippen LogP contribution in [-0.2, 0) is 0 Å². The molecule has 0 bridgehead atoms. The molecule has 0 unspecified atom stereocenters. The molecule has 0 heterocycles. The zero-order valence-corrected chi connectivity index (χ0v) is 6.56. The lowest BCUT2D eigenvalue weighted by Gasteiger charge is -2.08. The second-order valence-electron chi connectivity index (χ2n) is 2.25. The summed E-state index contributed by atoms with van der Waals surface area (Å²) in [5.41, 5.74) is 0.620. The fourth-order valence-corrected chi connectivity index (χ4v) is 0.774. The molecule has 0 atom stereocenters. The molecule has 13 heavy (non-hydrogen) atoms. The van der Waals surface area contributed by atoms with Crippen LogP contribution < -0.4 is 4.74 Å². The standard InChI is InChI=1S/C9H6F3O/c1-2-7-3-5-8(6-4-7)13-9(10,11)12/h3-6H,1H2. The first-order valence-corrected chi connectivity index (χ1v) is 3.40. The predicted octanol–water partition coefficient (Wildman–Crippen LogP) is 2.92. The Balaban J connectivity index is 2.75. The van der Waals surface area contributed by atoms with Gasteiger partial charge < -0.3 is 4.74 Å². The van der Waals surface area contributed by atoms with Crippen LogP contribution in [0.25, 0.3) is 0 Å². The van der Waals surface area contributed by atoms with Gasteiger partial charge in [-0.1, -0.05) is 18.7 Å². The maximum atomic E-state index is 11.7. The zero-order valence-electron chi connectivity index (χ0n) is 6.56. The molecule has 1 radical (unpaired) electrons. The molecule has 0 spiro atoms. The highest BCUT2D eigenvalue weighted by molar-refractivity contribution is 5.30. The topological polar surface area (TPSA) is 9.23 Å². The summed E-state index contributed by atoms with van der Waals surface area (Å²) in [7, 11) is 0. The van der Waals surface area contributed by atoms with Crippen molar-refractivity contribution in [1.82, 2.24) is 0 Å². The Morgan fingerprint density at radius 3 is 2.08 bits per heavy atom. The molecule has 0 aliphatic rings. The molecular formula is C9H6F3O. The van der Waals surface area contributed by atoms with Gasteiger partial charge in [0.05, 0.1) is 0 Å². The number of hydrogen-bond acceptors (Lipinski definition) is 1. The fourth-order valence-electron chi connectivity index (χ4n) is 0.774. The third kappa shape index (κ3) is 3.19. The lowest BCUT2D eigenvalue weighted by atomic mass is 10.2. The molecule has 0 aliphatic heterocycles. The van der Waals surface area contributed by atoms with Crippen LogP contribution in [0.3, 0.4) is 0 Å². The van der Waals surface area contributed by atoms with Crippen molar-refractivity contribution in [2.45, 2.75) is 6.36 Å². The van der Waals surface area contributed by atoms with Gasteiger partial charge >= 0.3 is 6.36 Å². The molecule has 69 valence electrons. The van der Waals surface area contributed by atoms with E-state index in [4.69, 9.17) is 0 Å². The Kier molecular flexibility index (Phi) is 2.60. The van der Waals surface area contributed by atoms with E-state index >= 15 is 0 Å². The molecule has 0 amide bonds. The second-order valence-corrected chi connectivity index (χ2v) is 2.25. The second kappa shape index (κ2) is 3.51. The van der Waals surface area contributed by atoms with E-state index in [2.05, 4.69) is 17.4 Å². The molecule has 0 N–H and O–H groups in total. The minimum Gasteiger partial charge on any atom is -0.406 e. The van der Waals surface area contributed by atoms with Crippen molar-refractivity contribution in [1.29, 1.82) is 0 Å². The van der Waals surface area contributed by atoms with Crippen molar-refractivity contribution in [3.05, 3.63) is 42.5 Å². The largest absolute Gasteiger partial charge is 0.573 e. The highest BCUT2D eigenvalue weighted by atomic mass is 19.4. The molecule has 0 aromatic heterocycles. The first-order valence-electron chi connectivity index (χ1n) is 3.40. The number of hydrogen-bond donors (Lipinski definition) is 0. The van der Waals surface area contributed by atoms with Crippen molar-refractivity contribution >= 4 is 0 Å². The summed E-state index contributed by atoms with van der Waals surface area (Å²) < 4.78 is 38.7. The molecule has 0 fully saturated rings. The van der Waals surface area contributed by atoms with Crippen LogP contribution >= 0.6 is 0 Å². The van der Waals surface area contributed by atoms with E-state index in [1.165, 1.54) is 24.3 Å². The van der Waals surface area contributed by atoms with Crippen LogP contribution in [0.2, 0.25) is 0 Å². The summed E-state index contributed by atoms with van der Waals surface area (Å²) in [6.45, 7) is 3.35. The van der Waals surface area contributed by atoms with Gasteiger partial charge in [0.15, 0.2) is 0 Å². The van der Waals surface area contributed by atoms with Crippen molar-refractivity contribution in [3.8, 4) is 5.75 Å². The van der Waals surface area contributed by atoms with Crippen LogP contribution in [0.5, 0.6) is 5.75 Å². The van der Waals surface area contributed by atoms with Crippen LogP contribution in [0.1, 0.15) is 5.56 Å². The Labute approximate surface area is 73.4 Å². The Morgan fingerprint density at radius 2 is 1.69 bits per heavy atom. The van der Waals surface area contributed by atoms with Gasteiger partial charge in [-0.25, -0.2) is 0 Å². The minimum absolute atomic E-state index is 0.244. The monoisotopic (exact) mass is 187 g/mol. The molecule has 1 aromatic carbocycles. The van der Waals surface area contributed by atoms with Gasteiger partial charge in [0.1, 0.15) is 5.75 Å². The van der Waals surface area contributed by atoms with Gasteiger partial charge in [-0.3, -0.25) is 0 Å². The van der Waals surface area contributed by atoms with E-state index in [0.29, 0.717) is 5.56 Å². The van der Waals surface area contributed by atoms with Gasteiger partial charge in [0.2, 0.25) is 0 Å². The van der Waals surface area contributed by atoms with Crippen LogP contribution in [-0.4, -0.2) is 6.36 Å². The summed E-state index contributed by atoms with van der Waals surface area (Å²) in [5.74, 6) is -0.244. The van der Waals surface area contributed by atoms with Crippen LogP contribution in [0.15, 0.2) is 30.8 Å². The third-order valence-corrected chi connectivity index (χ3v) is 1.29. The fraction of sp³-hybridized carbons (Fsp3) is 0.111. The first kappa shape index (κ1) is 9.64. The smallest absolute Gasteiger partial charge is 0.406 e. The molecular weight excluding hydrogens is 181 g/mol. The predicted molar refractivity (Wildman–Crippen MR) is 41.1 cm³/mol. The van der Waals surface area contributed by atoms with Crippen LogP contribution in [0.4, 0.5) is 13.2 Å². The molecule has 0 saturated heterocycles. The van der Waals surface area contributed by atoms with Gasteiger partial charge in [0, 0.05) is 0 Å². The molecule has 1 aromatic rings. The Hall–Kier alpha value is -1.45. The zero-order chi connectivity index (χ0) is 9.90. The number of halogens is 3. The quantitative estimate of drug-likeness (QED) is 0.691. The van der Waals surface area contributed by atoms with Gasteiger partial charge in [-0.15, -0.1) is 13.2 Å². The summed E-state index contributed by atoms with van der Waals surface area (Å²) in [6, 6.07) is 5.30. The summed E-state index contributed by atoms with van der Waals surface area (Å²) in [6.07, 6.45) is -2.11. The average Bonchev–Trinajstić information content (AvgIpc) is 2.03. The lowest BCUT2D eigenvalue weighted by Crippen LogP contribution is -2.16. The molecule has 4 heteroatoms. The number of ether oxygens (including phenoxy) is 1. The van der Waals surface area contributed by atoms with Crippen molar-refractivity contribution < 1.29 is 17.9 Å². The maximum absolute atomic E-state index is 11.7. The van der Waals surface area contributed by atoms with Crippen molar-refractivity contribution in [2.75, 3.05) is 0 Å². The highest BCUT2D eigenvalue weighted by Crippen LogP contribution is 2.22. The third-order valence-electron chi connectivity index (χ3n) is 1.29. The SMILES string of the molecule is C=[C]c1ccc(OC(F)(F)F)cc1. The number of benzene rings is 1. The van der Waals surface area contributed by atoms with E-state index < -0.39 is 6.36 Å². The maximum Gasteiger partial charge on any atom is 0.573 e. The van der Waals surface area contributed by atoms with E-state index in [-0.39, 0.29) is 5.75 Å². The van der Waals surface area contributed by atoms with Crippen LogP contribution in [0, 0.1) is 6.08 Å².